The summed E-state index contributed by atoms with van der Waals surface area (Å²) in [4.78, 5) is 34.3. The number of aromatic amines is 2. The molecule has 1 atom stereocenters. The molecule has 0 bridgehead atoms. The smallest absolute Gasteiger partial charge is 0.264 e. The number of fused-ring (bicyclic) bond motifs is 8. The predicted molar refractivity (Wildman–Crippen MR) is 133 cm³/mol. The monoisotopic (exact) mass is 430 g/mol. The molecule has 6 heteroatoms. The van der Waals surface area contributed by atoms with Crippen molar-refractivity contribution in [3.05, 3.63) is 79.9 Å². The van der Waals surface area contributed by atoms with Crippen molar-refractivity contribution in [2.75, 3.05) is 0 Å². The maximum Gasteiger partial charge on any atom is 0.264 e. The third kappa shape index (κ3) is 1.91. The van der Waals surface area contributed by atoms with Gasteiger partial charge in [0.1, 0.15) is 11.3 Å². The van der Waals surface area contributed by atoms with Gasteiger partial charge in [0.25, 0.3) is 11.1 Å². The molecule has 4 aromatic heterocycles. The van der Waals surface area contributed by atoms with Crippen LogP contribution in [0, 0.1) is 5.92 Å². The molecule has 0 saturated heterocycles. The largest absolute Gasteiger partial charge is 0.339 e. The van der Waals surface area contributed by atoms with E-state index < -0.39 is 0 Å². The first kappa shape index (κ1) is 17.3. The van der Waals surface area contributed by atoms with Crippen molar-refractivity contribution in [2.45, 2.75) is 13.3 Å². The van der Waals surface area contributed by atoms with Crippen LogP contribution >= 0.6 is 0 Å². The third-order valence-corrected chi connectivity index (χ3v) is 7.29. The van der Waals surface area contributed by atoms with Gasteiger partial charge >= 0.3 is 0 Å². The first-order valence-corrected chi connectivity index (χ1v) is 11.2. The van der Waals surface area contributed by atoms with E-state index in [1.54, 1.807) is 8.80 Å². The molecule has 8 rings (SSSR count). The molecule has 0 aliphatic heterocycles. The molecule has 0 amide bonds. The number of aromatic nitrogens is 4. The minimum Gasteiger partial charge on any atom is -0.339 e. The van der Waals surface area contributed by atoms with E-state index >= 15 is 0 Å². The maximum atomic E-state index is 13.7. The van der Waals surface area contributed by atoms with E-state index in [1.165, 1.54) is 0 Å². The molecule has 4 heterocycles. The highest BCUT2D eigenvalue weighted by Crippen LogP contribution is 2.35. The number of para-hydroxylation sites is 2. The van der Waals surface area contributed by atoms with Crippen LogP contribution in [0.5, 0.6) is 0 Å². The quantitative estimate of drug-likeness (QED) is 0.363. The van der Waals surface area contributed by atoms with Crippen molar-refractivity contribution in [3.8, 4) is 0 Å². The van der Waals surface area contributed by atoms with Gasteiger partial charge in [0, 0.05) is 32.3 Å². The first-order chi connectivity index (χ1) is 16.1. The second-order valence-electron chi connectivity index (χ2n) is 9.20. The Morgan fingerprint density at radius 1 is 0.788 bits per heavy atom. The molecule has 158 valence electrons. The highest BCUT2D eigenvalue weighted by atomic mass is 16.1. The second-order valence-corrected chi connectivity index (χ2v) is 9.20. The van der Waals surface area contributed by atoms with Crippen LogP contribution in [0.2, 0.25) is 0 Å². The summed E-state index contributed by atoms with van der Waals surface area (Å²) in [7, 11) is 0. The Morgan fingerprint density at radius 2 is 1.42 bits per heavy atom. The molecule has 0 spiro atoms. The van der Waals surface area contributed by atoms with Gasteiger partial charge in [-0.25, -0.2) is 0 Å². The van der Waals surface area contributed by atoms with Crippen molar-refractivity contribution in [1.82, 2.24) is 18.8 Å². The van der Waals surface area contributed by atoms with Gasteiger partial charge in [-0.1, -0.05) is 31.2 Å². The molecule has 1 aliphatic rings. The Balaban J connectivity index is 1.71. The summed E-state index contributed by atoms with van der Waals surface area (Å²) in [6.45, 7) is 2.17. The van der Waals surface area contributed by atoms with E-state index in [2.05, 4.69) is 41.2 Å². The van der Waals surface area contributed by atoms with E-state index in [0.717, 1.165) is 61.0 Å². The Labute approximate surface area is 185 Å². The van der Waals surface area contributed by atoms with Crippen LogP contribution in [0.25, 0.3) is 66.8 Å². The molecule has 0 radical (unpaired) electrons. The molecule has 0 saturated carbocycles. The normalized spacial score (nSPS) is 16.3. The summed E-state index contributed by atoms with van der Waals surface area (Å²) in [5.41, 5.74) is 3.16. The van der Waals surface area contributed by atoms with Gasteiger partial charge in [-0.05, 0) is 48.7 Å². The fourth-order valence-electron chi connectivity index (χ4n) is 5.83. The minimum atomic E-state index is -0.0779. The summed E-state index contributed by atoms with van der Waals surface area (Å²) in [6.07, 6.45) is 5.24. The van der Waals surface area contributed by atoms with Gasteiger partial charge in [-0.2, -0.15) is 0 Å². The first-order valence-electron chi connectivity index (χ1n) is 11.2. The number of nitrogens with zero attached hydrogens (tertiary/aromatic N) is 2. The number of pyridine rings is 2. The number of imidazole rings is 2. The van der Waals surface area contributed by atoms with Crippen molar-refractivity contribution in [3.63, 3.8) is 0 Å². The number of benzene rings is 3. The number of H-pyrrole nitrogens is 2. The molecule has 2 N–H and O–H groups in total. The second kappa shape index (κ2) is 5.53. The van der Waals surface area contributed by atoms with E-state index in [9.17, 15) is 9.59 Å². The van der Waals surface area contributed by atoms with Gasteiger partial charge in [-0.3, -0.25) is 18.4 Å². The lowest BCUT2D eigenvalue weighted by molar-refractivity contribution is 0.792. The fourth-order valence-corrected chi connectivity index (χ4v) is 5.83. The predicted octanol–water partition coefficient (Wildman–Crippen LogP) is 3.22. The number of nitrogens with one attached hydrogen (secondary N) is 2. The van der Waals surface area contributed by atoms with Crippen molar-refractivity contribution in [2.24, 2.45) is 5.92 Å². The van der Waals surface area contributed by atoms with E-state index in [1.807, 2.05) is 36.4 Å². The summed E-state index contributed by atoms with van der Waals surface area (Å²) in [6, 6.07) is 15.6. The van der Waals surface area contributed by atoms with Crippen LogP contribution in [0.15, 0.2) is 58.1 Å². The minimum absolute atomic E-state index is 0.0551. The summed E-state index contributed by atoms with van der Waals surface area (Å²) in [5, 5.41) is 6.74. The van der Waals surface area contributed by atoms with Gasteiger partial charge in [0.05, 0.1) is 21.7 Å². The lowest BCUT2D eigenvalue weighted by atomic mass is 9.96. The molecule has 1 aliphatic carbocycles. The molecular weight excluding hydrogens is 412 g/mol. The van der Waals surface area contributed by atoms with Crippen LogP contribution in [-0.2, 0) is 0 Å². The topological polar surface area (TPSA) is 74.5 Å². The van der Waals surface area contributed by atoms with Crippen LogP contribution in [0.1, 0.15) is 13.3 Å². The van der Waals surface area contributed by atoms with E-state index in [-0.39, 0.29) is 11.1 Å². The number of hydrogen-bond acceptors (Lipinski definition) is 2. The molecule has 1 unspecified atom stereocenters. The Kier molecular flexibility index (Phi) is 2.89. The molecule has 3 aromatic carbocycles. The zero-order chi connectivity index (χ0) is 22.0. The van der Waals surface area contributed by atoms with Gasteiger partial charge in [0.15, 0.2) is 0 Å². The van der Waals surface area contributed by atoms with Gasteiger partial charge in [-0.15, -0.1) is 0 Å². The lowest BCUT2D eigenvalue weighted by Crippen LogP contribution is -2.35. The Hall–Kier alpha value is -4.32. The highest BCUT2D eigenvalue weighted by molar-refractivity contribution is 6.27. The van der Waals surface area contributed by atoms with Crippen molar-refractivity contribution < 1.29 is 0 Å². The molecule has 6 nitrogen and oxygen atoms in total. The van der Waals surface area contributed by atoms with Crippen LogP contribution in [0.3, 0.4) is 0 Å². The van der Waals surface area contributed by atoms with Crippen molar-refractivity contribution in [1.29, 1.82) is 0 Å². The van der Waals surface area contributed by atoms with Gasteiger partial charge < -0.3 is 9.97 Å². The van der Waals surface area contributed by atoms with Crippen LogP contribution in [0.4, 0.5) is 0 Å². The molecule has 33 heavy (non-hydrogen) atoms. The number of rotatable bonds is 0. The van der Waals surface area contributed by atoms with Crippen LogP contribution in [-0.4, -0.2) is 18.8 Å². The maximum absolute atomic E-state index is 13.7. The van der Waals surface area contributed by atoms with Gasteiger partial charge in [0.2, 0.25) is 0 Å². The standard InChI is InChI=1S/C27H18N4O2/c1-13-6-11-21-19(12-13)29-25-15-8-7-14-22-16(9-10-17(23(15)22)27(33)31(21)25)26(32)30-20-5-3-2-4-18(20)28-24(14)30/h2-5,7-13,28-29H,6H2,1H3. The lowest BCUT2D eigenvalue weighted by Gasteiger charge is -2.12. The molecular formula is C27H18N4O2. The zero-order valence-corrected chi connectivity index (χ0v) is 17.8. The zero-order valence-electron chi connectivity index (χ0n) is 17.8. The van der Waals surface area contributed by atoms with Crippen LogP contribution < -0.4 is 21.8 Å². The average Bonchev–Trinajstić information content (AvgIpc) is 3.40. The third-order valence-electron chi connectivity index (χ3n) is 7.29. The molecule has 0 fully saturated rings. The van der Waals surface area contributed by atoms with E-state index in [4.69, 9.17) is 0 Å². The summed E-state index contributed by atoms with van der Waals surface area (Å²) >= 11 is 0. The summed E-state index contributed by atoms with van der Waals surface area (Å²) < 4.78 is 3.54. The number of hydrogen-bond donors (Lipinski definition) is 2. The summed E-state index contributed by atoms with van der Waals surface area (Å²) in [5.74, 6) is 0.422. The Morgan fingerprint density at radius 3 is 2.18 bits per heavy atom. The van der Waals surface area contributed by atoms with E-state index in [0.29, 0.717) is 16.7 Å². The average molecular weight is 430 g/mol. The molecule has 7 aromatic rings. The Bertz CT molecular complexity index is 2220. The van der Waals surface area contributed by atoms with Crippen molar-refractivity contribution >= 4 is 66.8 Å². The SMILES string of the molecule is CC1C=c2[nH]c3c4ccc5c6c(ccc(c(=O)n3c2=CC1)c46)c(=O)n1c2ccccc2[nH]c51. The highest BCUT2D eigenvalue weighted by Gasteiger charge is 2.21. The fraction of sp³-hybridized carbons (Fsp3) is 0.111.